The van der Waals surface area contributed by atoms with Crippen molar-refractivity contribution in [3.8, 4) is 11.5 Å². The lowest BCUT2D eigenvalue weighted by Gasteiger charge is -2.18. The van der Waals surface area contributed by atoms with Gasteiger partial charge in [-0.2, -0.15) is 0 Å². The molecule has 0 aliphatic heterocycles. The molecular weight excluding hydrogens is 260 g/mol. The van der Waals surface area contributed by atoms with Gasteiger partial charge in [0.1, 0.15) is 11.5 Å². The number of ether oxygens (including phenoxy) is 1. The normalized spacial score (nSPS) is 10.7. The second kappa shape index (κ2) is 7.14. The lowest BCUT2D eigenvalue weighted by Crippen LogP contribution is -2.25. The summed E-state index contributed by atoms with van der Waals surface area (Å²) in [6.45, 7) is 8.20. The fourth-order valence-electron chi connectivity index (χ4n) is 2.04. The van der Waals surface area contributed by atoms with Gasteiger partial charge in [-0.05, 0) is 62.8 Å². The Bertz CT molecular complexity index is 581. The Labute approximate surface area is 127 Å². The smallest absolute Gasteiger partial charge is 0.130 e. The Morgan fingerprint density at radius 2 is 1.76 bits per heavy atom. The van der Waals surface area contributed by atoms with Gasteiger partial charge in [0.2, 0.25) is 0 Å². The lowest BCUT2D eigenvalue weighted by atomic mass is 10.1. The van der Waals surface area contributed by atoms with Crippen LogP contribution in [0.4, 0.5) is 5.69 Å². The van der Waals surface area contributed by atoms with Crippen LogP contribution in [0.5, 0.6) is 11.5 Å². The van der Waals surface area contributed by atoms with E-state index < -0.39 is 0 Å². The molecule has 21 heavy (non-hydrogen) atoms. The van der Waals surface area contributed by atoms with Crippen LogP contribution in [0, 0.1) is 13.8 Å². The van der Waals surface area contributed by atoms with Crippen molar-refractivity contribution in [2.24, 2.45) is 0 Å². The Hall–Kier alpha value is -2.00. The van der Waals surface area contributed by atoms with Crippen LogP contribution in [0.3, 0.4) is 0 Å². The lowest BCUT2D eigenvalue weighted by molar-refractivity contribution is 0.379. The van der Waals surface area contributed by atoms with Gasteiger partial charge in [0.15, 0.2) is 0 Å². The van der Waals surface area contributed by atoms with Crippen molar-refractivity contribution in [2.75, 3.05) is 25.6 Å². The van der Waals surface area contributed by atoms with Gasteiger partial charge in [-0.1, -0.05) is 25.1 Å². The molecule has 3 heteroatoms. The molecule has 0 aliphatic rings. The van der Waals surface area contributed by atoms with Crippen LogP contribution in [-0.2, 0) is 0 Å². The predicted octanol–water partition coefficient (Wildman–Crippen LogP) is 4.42. The summed E-state index contributed by atoms with van der Waals surface area (Å²) < 4.78 is 5.95. The van der Waals surface area contributed by atoms with Crippen LogP contribution in [0.1, 0.15) is 18.1 Å². The number of nitrogens with zero attached hydrogens (tertiary/aromatic N) is 1. The van der Waals surface area contributed by atoms with Gasteiger partial charge >= 0.3 is 0 Å². The van der Waals surface area contributed by atoms with Crippen molar-refractivity contribution in [2.45, 2.75) is 20.8 Å². The van der Waals surface area contributed by atoms with Crippen molar-refractivity contribution in [3.05, 3.63) is 53.6 Å². The summed E-state index contributed by atoms with van der Waals surface area (Å²) in [6, 6.07) is 14.1. The molecule has 2 aromatic rings. The SMILES string of the molecule is CCN(C)CNc1cc(C)c(Oc2ccccc2)cc1C. The number of para-hydroxylation sites is 1. The van der Waals surface area contributed by atoms with Crippen molar-refractivity contribution in [3.63, 3.8) is 0 Å². The first-order valence-corrected chi connectivity index (χ1v) is 7.36. The molecule has 0 radical (unpaired) electrons. The van der Waals surface area contributed by atoms with Crippen LogP contribution in [-0.4, -0.2) is 25.2 Å². The Kier molecular flexibility index (Phi) is 5.23. The first-order valence-electron chi connectivity index (χ1n) is 7.36. The number of hydrogen-bond donors (Lipinski definition) is 1. The van der Waals surface area contributed by atoms with Gasteiger partial charge < -0.3 is 10.1 Å². The van der Waals surface area contributed by atoms with E-state index in [2.05, 4.69) is 50.2 Å². The van der Waals surface area contributed by atoms with E-state index in [9.17, 15) is 0 Å². The molecule has 0 saturated carbocycles. The molecule has 0 spiro atoms. The Balaban J connectivity index is 2.13. The highest BCUT2D eigenvalue weighted by Gasteiger charge is 2.07. The van der Waals surface area contributed by atoms with Gasteiger partial charge in [-0.3, -0.25) is 4.90 Å². The third kappa shape index (κ3) is 4.23. The molecule has 2 rings (SSSR count). The molecule has 0 unspecified atom stereocenters. The van der Waals surface area contributed by atoms with Crippen molar-refractivity contribution in [1.82, 2.24) is 4.90 Å². The van der Waals surface area contributed by atoms with Gasteiger partial charge in [0.25, 0.3) is 0 Å². The third-order valence-corrected chi connectivity index (χ3v) is 3.57. The van der Waals surface area contributed by atoms with Crippen LogP contribution in [0.25, 0.3) is 0 Å². The van der Waals surface area contributed by atoms with Gasteiger partial charge in [-0.15, -0.1) is 0 Å². The molecule has 112 valence electrons. The minimum atomic E-state index is 0.843. The van der Waals surface area contributed by atoms with Crippen molar-refractivity contribution in [1.29, 1.82) is 0 Å². The molecule has 0 heterocycles. The molecule has 1 N–H and O–H groups in total. The summed E-state index contributed by atoms with van der Waals surface area (Å²) in [4.78, 5) is 2.23. The highest BCUT2D eigenvalue weighted by molar-refractivity contribution is 5.57. The molecule has 0 saturated heterocycles. The van der Waals surface area contributed by atoms with E-state index >= 15 is 0 Å². The quantitative estimate of drug-likeness (QED) is 0.795. The summed E-state index contributed by atoms with van der Waals surface area (Å²) >= 11 is 0. The van der Waals surface area contributed by atoms with Crippen molar-refractivity contribution >= 4 is 5.69 Å². The van der Waals surface area contributed by atoms with Crippen LogP contribution >= 0.6 is 0 Å². The molecule has 0 amide bonds. The number of anilines is 1. The zero-order valence-electron chi connectivity index (χ0n) is 13.3. The summed E-state index contributed by atoms with van der Waals surface area (Å²) in [5.74, 6) is 1.78. The van der Waals surface area contributed by atoms with E-state index in [0.29, 0.717) is 0 Å². The van der Waals surface area contributed by atoms with E-state index in [-0.39, 0.29) is 0 Å². The van der Waals surface area contributed by atoms with Gasteiger partial charge in [0, 0.05) is 5.69 Å². The van der Waals surface area contributed by atoms with Gasteiger partial charge in [-0.25, -0.2) is 0 Å². The van der Waals surface area contributed by atoms with Crippen LogP contribution in [0.2, 0.25) is 0 Å². The summed E-state index contributed by atoms with van der Waals surface area (Å²) in [5, 5.41) is 3.47. The summed E-state index contributed by atoms with van der Waals surface area (Å²) in [5.41, 5.74) is 3.48. The average Bonchev–Trinajstić information content (AvgIpc) is 2.50. The second-order valence-electron chi connectivity index (χ2n) is 5.35. The van der Waals surface area contributed by atoms with Crippen molar-refractivity contribution < 1.29 is 4.74 Å². The molecule has 0 bridgehead atoms. The largest absolute Gasteiger partial charge is 0.457 e. The predicted molar refractivity (Wildman–Crippen MR) is 89.2 cm³/mol. The maximum absolute atomic E-state index is 5.95. The fourth-order valence-corrected chi connectivity index (χ4v) is 2.04. The van der Waals surface area contributed by atoms with E-state index in [1.807, 2.05) is 30.3 Å². The Morgan fingerprint density at radius 3 is 2.43 bits per heavy atom. The van der Waals surface area contributed by atoms with E-state index in [1.165, 1.54) is 5.56 Å². The molecule has 0 aliphatic carbocycles. The Morgan fingerprint density at radius 1 is 1.05 bits per heavy atom. The number of nitrogens with one attached hydrogen (secondary N) is 1. The number of hydrogen-bond acceptors (Lipinski definition) is 3. The number of rotatable bonds is 6. The molecule has 2 aromatic carbocycles. The van der Waals surface area contributed by atoms with E-state index in [1.54, 1.807) is 0 Å². The van der Waals surface area contributed by atoms with Gasteiger partial charge in [0.05, 0.1) is 6.67 Å². The molecule has 0 aromatic heterocycles. The maximum atomic E-state index is 5.95. The molecule has 0 atom stereocenters. The number of aryl methyl sites for hydroxylation is 2. The average molecular weight is 284 g/mol. The minimum absolute atomic E-state index is 0.843. The topological polar surface area (TPSA) is 24.5 Å². The second-order valence-corrected chi connectivity index (χ2v) is 5.35. The van der Waals surface area contributed by atoms with E-state index in [0.717, 1.165) is 36.0 Å². The molecule has 0 fully saturated rings. The fraction of sp³-hybridized carbons (Fsp3) is 0.333. The zero-order valence-corrected chi connectivity index (χ0v) is 13.3. The third-order valence-electron chi connectivity index (χ3n) is 3.57. The summed E-state index contributed by atoms with van der Waals surface area (Å²) in [6.07, 6.45) is 0. The summed E-state index contributed by atoms with van der Waals surface area (Å²) in [7, 11) is 2.10. The standard InChI is InChI=1S/C18H24N2O/c1-5-20(4)13-19-17-11-15(3)18(12-14(17)2)21-16-9-7-6-8-10-16/h6-12,19H,5,13H2,1-4H3. The first-order chi connectivity index (χ1) is 10.1. The molecule has 3 nitrogen and oxygen atoms in total. The molecular formula is C18H24N2O. The maximum Gasteiger partial charge on any atom is 0.130 e. The number of benzene rings is 2. The highest BCUT2D eigenvalue weighted by atomic mass is 16.5. The zero-order chi connectivity index (χ0) is 15.2. The van der Waals surface area contributed by atoms with Crippen LogP contribution in [0.15, 0.2) is 42.5 Å². The highest BCUT2D eigenvalue weighted by Crippen LogP contribution is 2.30. The first kappa shape index (κ1) is 15.4. The minimum Gasteiger partial charge on any atom is -0.457 e. The van der Waals surface area contributed by atoms with E-state index in [4.69, 9.17) is 4.74 Å². The monoisotopic (exact) mass is 284 g/mol. The van der Waals surface area contributed by atoms with Crippen LogP contribution < -0.4 is 10.1 Å².